The monoisotopic (exact) mass is 421 g/mol. The number of fused-ring (bicyclic) bond motifs is 6. The van der Waals surface area contributed by atoms with Crippen LogP contribution in [0.3, 0.4) is 0 Å². The maximum Gasteiger partial charge on any atom is 0.255 e. The van der Waals surface area contributed by atoms with E-state index < -0.39 is 0 Å². The first-order valence-corrected chi connectivity index (χ1v) is 11.2. The third-order valence-corrected chi connectivity index (χ3v) is 7.45. The number of phenolic OH excluding ortho intramolecular Hbond substituents is 1. The number of carbonyl (C=O) groups excluding carboxylic acids is 1. The largest absolute Gasteiger partial charge is 0.508 e. The first kappa shape index (κ1) is 19.1. The van der Waals surface area contributed by atoms with Crippen LogP contribution in [0, 0.1) is 5.92 Å². The number of phenols is 1. The van der Waals surface area contributed by atoms with E-state index in [1.54, 1.807) is 18.2 Å². The summed E-state index contributed by atoms with van der Waals surface area (Å²) in [4.78, 5) is 30.6. The Balaban J connectivity index is 1.23. The van der Waals surface area contributed by atoms with E-state index in [0.29, 0.717) is 43.9 Å². The van der Waals surface area contributed by atoms with Crippen molar-refractivity contribution >= 4 is 5.91 Å². The van der Waals surface area contributed by atoms with Gasteiger partial charge in [-0.15, -0.1) is 0 Å². The Morgan fingerprint density at radius 3 is 2.77 bits per heavy atom. The third-order valence-electron chi connectivity index (χ3n) is 7.45. The molecule has 6 rings (SSSR count). The van der Waals surface area contributed by atoms with Crippen molar-refractivity contribution in [3.05, 3.63) is 63.6 Å². The molecule has 0 unspecified atom stereocenters. The molecule has 3 saturated heterocycles. The number of likely N-dealkylation sites (tertiary alicyclic amines) is 2. The average Bonchev–Trinajstić information content (AvgIpc) is 3.39. The first-order valence-electron chi connectivity index (χ1n) is 11.2. The van der Waals surface area contributed by atoms with Crippen LogP contribution >= 0.6 is 0 Å². The van der Waals surface area contributed by atoms with Crippen molar-refractivity contribution < 1.29 is 14.6 Å². The summed E-state index contributed by atoms with van der Waals surface area (Å²) in [5.41, 5.74) is 2.55. The Hall–Kier alpha value is -2.64. The standard InChI is InChI=1S/C24H27N3O4/c28-20-3-1-2-16(7-20)23(29)26-9-15-6-18(12-26)22-5-4-17(24(30)27(22)10-15)11-25-13-21-8-19(25)14-31-21/h1-5,7,15,18-19,21,28H,6,8-14H2/t15-,18+,19+,21+/m0/s1. The molecule has 1 aromatic heterocycles. The SMILES string of the molecule is O=C(c1cccc(O)c1)N1C[C@@H]2C[C@H](C1)c1ccc(CN3C[C@H]4C[C@@H]3CO4)c(=O)n1C2. The van der Waals surface area contributed by atoms with Crippen molar-refractivity contribution in [2.24, 2.45) is 5.92 Å². The minimum atomic E-state index is -0.0516. The lowest BCUT2D eigenvalue weighted by Crippen LogP contribution is -2.49. The molecule has 0 aliphatic carbocycles. The highest BCUT2D eigenvalue weighted by Gasteiger charge is 2.40. The zero-order valence-electron chi connectivity index (χ0n) is 17.4. The van der Waals surface area contributed by atoms with Crippen molar-refractivity contribution in [3.8, 4) is 5.75 Å². The fourth-order valence-corrected chi connectivity index (χ4v) is 5.99. The minimum absolute atomic E-state index is 0.0516. The van der Waals surface area contributed by atoms with E-state index in [0.717, 1.165) is 37.3 Å². The summed E-state index contributed by atoms with van der Waals surface area (Å²) in [7, 11) is 0. The second-order valence-electron chi connectivity index (χ2n) is 9.53. The van der Waals surface area contributed by atoms with Gasteiger partial charge in [-0.3, -0.25) is 14.5 Å². The molecule has 7 nitrogen and oxygen atoms in total. The Bertz CT molecular complexity index is 1100. The van der Waals surface area contributed by atoms with Gasteiger partial charge in [0.25, 0.3) is 11.5 Å². The summed E-state index contributed by atoms with van der Waals surface area (Å²) in [5.74, 6) is 0.498. The number of amides is 1. The van der Waals surface area contributed by atoms with E-state index in [2.05, 4.69) is 11.0 Å². The van der Waals surface area contributed by atoms with Gasteiger partial charge in [0, 0.05) is 61.5 Å². The normalized spacial score (nSPS) is 29.2. The number of benzene rings is 1. The van der Waals surface area contributed by atoms with Crippen molar-refractivity contribution in [2.75, 3.05) is 26.2 Å². The molecule has 4 aliphatic heterocycles. The highest BCUT2D eigenvalue weighted by molar-refractivity contribution is 5.94. The van der Waals surface area contributed by atoms with Crippen LogP contribution in [0.4, 0.5) is 0 Å². The number of pyridine rings is 1. The quantitative estimate of drug-likeness (QED) is 0.818. The zero-order valence-corrected chi connectivity index (χ0v) is 17.4. The Morgan fingerprint density at radius 2 is 2.00 bits per heavy atom. The van der Waals surface area contributed by atoms with E-state index in [-0.39, 0.29) is 29.1 Å². The van der Waals surface area contributed by atoms with Crippen LogP contribution in [0.1, 0.15) is 40.4 Å². The Kier molecular flexibility index (Phi) is 4.43. The van der Waals surface area contributed by atoms with Crippen molar-refractivity contribution in [1.82, 2.24) is 14.4 Å². The Morgan fingerprint density at radius 1 is 1.10 bits per heavy atom. The molecule has 1 N–H and O–H groups in total. The topological polar surface area (TPSA) is 75.0 Å². The number of hydrogen-bond donors (Lipinski definition) is 1. The van der Waals surface area contributed by atoms with Crippen molar-refractivity contribution in [1.29, 1.82) is 0 Å². The molecule has 4 atom stereocenters. The van der Waals surface area contributed by atoms with Gasteiger partial charge in [0.15, 0.2) is 0 Å². The lowest BCUT2D eigenvalue weighted by Gasteiger charge is -2.43. The molecule has 0 saturated carbocycles. The predicted octanol–water partition coefficient (Wildman–Crippen LogP) is 1.79. The maximum atomic E-state index is 13.3. The van der Waals surface area contributed by atoms with Gasteiger partial charge in [-0.05, 0) is 43.0 Å². The summed E-state index contributed by atoms with van der Waals surface area (Å²) in [6.45, 7) is 4.32. The molecular formula is C24H27N3O4. The second kappa shape index (κ2) is 7.21. The van der Waals surface area contributed by atoms with E-state index in [1.165, 1.54) is 6.07 Å². The molecule has 3 fully saturated rings. The zero-order chi connectivity index (χ0) is 21.1. The molecular weight excluding hydrogens is 394 g/mol. The van der Waals surface area contributed by atoms with Crippen LogP contribution in [-0.2, 0) is 17.8 Å². The van der Waals surface area contributed by atoms with Gasteiger partial charge in [-0.25, -0.2) is 0 Å². The number of hydrogen-bond acceptors (Lipinski definition) is 5. The number of aromatic nitrogens is 1. The van der Waals surface area contributed by atoms with Gasteiger partial charge >= 0.3 is 0 Å². The molecule has 162 valence electrons. The van der Waals surface area contributed by atoms with Crippen LogP contribution in [0.5, 0.6) is 5.75 Å². The fraction of sp³-hybridized carbons (Fsp3) is 0.500. The first-order chi connectivity index (χ1) is 15.0. The molecule has 4 aliphatic rings. The van der Waals surface area contributed by atoms with Gasteiger partial charge in [0.1, 0.15) is 5.75 Å². The van der Waals surface area contributed by atoms with Crippen molar-refractivity contribution in [2.45, 2.75) is 44.0 Å². The molecule has 2 aromatic rings. The predicted molar refractivity (Wildman–Crippen MR) is 114 cm³/mol. The molecule has 5 heterocycles. The van der Waals surface area contributed by atoms with Gasteiger partial charge in [0.05, 0.1) is 12.7 Å². The second-order valence-corrected chi connectivity index (χ2v) is 9.53. The number of carbonyl (C=O) groups is 1. The smallest absolute Gasteiger partial charge is 0.255 e. The van der Waals surface area contributed by atoms with E-state index in [9.17, 15) is 14.7 Å². The summed E-state index contributed by atoms with van der Waals surface area (Å²) in [6.07, 6.45) is 2.43. The number of piperidine rings is 1. The molecule has 1 amide bonds. The molecule has 7 heteroatoms. The molecule has 1 aromatic carbocycles. The highest BCUT2D eigenvalue weighted by Crippen LogP contribution is 2.36. The van der Waals surface area contributed by atoms with Crippen LogP contribution in [0.15, 0.2) is 41.2 Å². The summed E-state index contributed by atoms with van der Waals surface area (Å²) >= 11 is 0. The number of nitrogens with zero attached hydrogens (tertiary/aromatic N) is 3. The van der Waals surface area contributed by atoms with Gasteiger partial charge in [-0.2, -0.15) is 0 Å². The van der Waals surface area contributed by atoms with Crippen LogP contribution < -0.4 is 5.56 Å². The van der Waals surface area contributed by atoms with Gasteiger partial charge < -0.3 is 19.3 Å². The van der Waals surface area contributed by atoms with E-state index in [1.807, 2.05) is 15.5 Å². The van der Waals surface area contributed by atoms with Crippen LogP contribution in [0.25, 0.3) is 0 Å². The maximum absolute atomic E-state index is 13.3. The number of aromatic hydroxyl groups is 1. The van der Waals surface area contributed by atoms with E-state index in [4.69, 9.17) is 4.74 Å². The lowest BCUT2D eigenvalue weighted by molar-refractivity contribution is 0.0270. The third kappa shape index (κ3) is 3.27. The lowest BCUT2D eigenvalue weighted by atomic mass is 9.82. The Labute approximate surface area is 180 Å². The average molecular weight is 421 g/mol. The molecule has 0 radical (unpaired) electrons. The summed E-state index contributed by atoms with van der Waals surface area (Å²) in [6, 6.07) is 11.1. The number of ether oxygens (including phenoxy) is 1. The van der Waals surface area contributed by atoms with Gasteiger partial charge in [0.2, 0.25) is 0 Å². The van der Waals surface area contributed by atoms with E-state index >= 15 is 0 Å². The number of rotatable bonds is 3. The van der Waals surface area contributed by atoms with Crippen LogP contribution in [-0.4, -0.2) is 63.8 Å². The van der Waals surface area contributed by atoms with Crippen LogP contribution in [0.2, 0.25) is 0 Å². The van der Waals surface area contributed by atoms with Gasteiger partial charge in [-0.1, -0.05) is 12.1 Å². The molecule has 31 heavy (non-hydrogen) atoms. The molecule has 4 bridgehead atoms. The minimum Gasteiger partial charge on any atom is -0.508 e. The van der Waals surface area contributed by atoms with Crippen molar-refractivity contribution in [3.63, 3.8) is 0 Å². The summed E-state index contributed by atoms with van der Waals surface area (Å²) in [5, 5.41) is 9.73. The molecule has 0 spiro atoms. The highest BCUT2D eigenvalue weighted by atomic mass is 16.5. The fourth-order valence-electron chi connectivity index (χ4n) is 5.99. The summed E-state index contributed by atoms with van der Waals surface area (Å²) < 4.78 is 7.66. The number of morpholine rings is 1.